The van der Waals surface area contributed by atoms with E-state index in [1.807, 2.05) is 12.1 Å². The fourth-order valence-corrected chi connectivity index (χ4v) is 3.37. The summed E-state index contributed by atoms with van der Waals surface area (Å²) in [4.78, 5) is 0. The molecule has 4 rings (SSSR count). The second-order valence-electron chi connectivity index (χ2n) is 6.71. The van der Waals surface area contributed by atoms with Gasteiger partial charge in [-0.05, 0) is 69.8 Å². The molecule has 0 saturated heterocycles. The van der Waals surface area contributed by atoms with E-state index >= 15 is 0 Å². The number of benzene rings is 4. The van der Waals surface area contributed by atoms with E-state index in [0.717, 1.165) is 5.75 Å². The number of hydrogen-bond acceptors (Lipinski definition) is 1. The Morgan fingerprint density at radius 1 is 0.704 bits per heavy atom. The van der Waals surface area contributed by atoms with Crippen molar-refractivity contribution in [1.29, 1.82) is 0 Å². The number of aryl methyl sites for hydroxylation is 1. The zero-order chi connectivity index (χ0) is 18.6. The maximum atomic E-state index is 5.33. The molecule has 0 fully saturated rings. The van der Waals surface area contributed by atoms with Gasteiger partial charge in [0.1, 0.15) is 5.75 Å². The van der Waals surface area contributed by atoms with E-state index < -0.39 is 0 Å². The highest BCUT2D eigenvalue weighted by Crippen LogP contribution is 2.30. The monoisotopic (exact) mass is 350 g/mol. The van der Waals surface area contributed by atoms with Gasteiger partial charge in [-0.15, -0.1) is 0 Å². The molecule has 0 atom stereocenters. The first-order chi connectivity index (χ1) is 13.2. The van der Waals surface area contributed by atoms with Crippen LogP contribution in [0.4, 0.5) is 0 Å². The van der Waals surface area contributed by atoms with Crippen molar-refractivity contribution >= 4 is 22.4 Å². The first kappa shape index (κ1) is 17.1. The molecule has 0 unspecified atom stereocenters. The highest BCUT2D eigenvalue weighted by molar-refractivity contribution is 5.95. The van der Waals surface area contributed by atoms with Crippen molar-refractivity contribution in [2.24, 2.45) is 0 Å². The van der Waals surface area contributed by atoms with Gasteiger partial charge in [-0.25, -0.2) is 0 Å². The van der Waals surface area contributed by atoms with E-state index in [4.69, 9.17) is 4.74 Å². The van der Waals surface area contributed by atoms with E-state index in [0.29, 0.717) is 0 Å². The maximum absolute atomic E-state index is 5.33. The van der Waals surface area contributed by atoms with Crippen LogP contribution in [0, 0.1) is 6.92 Å². The van der Waals surface area contributed by atoms with Crippen LogP contribution >= 0.6 is 0 Å². The summed E-state index contributed by atoms with van der Waals surface area (Å²) in [5.41, 5.74) is 6.09. The van der Waals surface area contributed by atoms with Gasteiger partial charge in [-0.1, -0.05) is 72.8 Å². The van der Waals surface area contributed by atoms with Crippen LogP contribution in [0.15, 0.2) is 91.0 Å². The summed E-state index contributed by atoms with van der Waals surface area (Å²) in [6.45, 7) is 2.15. The third-order valence-corrected chi connectivity index (χ3v) is 4.95. The molecule has 1 nitrogen and oxygen atoms in total. The standard InChI is InChI=1S/C26H22O/c1-19-7-3-4-9-22(19)18-26(21-13-15-25(27-2)16-14-21)24-12-11-20-8-5-6-10-23(20)17-24/h3-18H,1-2H3. The number of hydrogen-bond donors (Lipinski definition) is 0. The van der Waals surface area contributed by atoms with E-state index in [2.05, 4.69) is 91.9 Å². The fourth-order valence-electron chi connectivity index (χ4n) is 3.37. The van der Waals surface area contributed by atoms with Crippen LogP contribution in [-0.4, -0.2) is 7.11 Å². The summed E-state index contributed by atoms with van der Waals surface area (Å²) in [7, 11) is 1.70. The van der Waals surface area contributed by atoms with Crippen molar-refractivity contribution in [1.82, 2.24) is 0 Å². The minimum absolute atomic E-state index is 0.868. The summed E-state index contributed by atoms with van der Waals surface area (Å²) >= 11 is 0. The van der Waals surface area contributed by atoms with Crippen molar-refractivity contribution < 1.29 is 4.74 Å². The van der Waals surface area contributed by atoms with Crippen molar-refractivity contribution in [2.45, 2.75) is 6.92 Å². The topological polar surface area (TPSA) is 9.23 Å². The van der Waals surface area contributed by atoms with Crippen LogP contribution < -0.4 is 4.74 Å². The molecule has 27 heavy (non-hydrogen) atoms. The zero-order valence-corrected chi connectivity index (χ0v) is 15.6. The number of ether oxygens (including phenoxy) is 1. The average molecular weight is 350 g/mol. The Labute approximate surface area is 160 Å². The molecule has 0 aliphatic carbocycles. The Hall–Kier alpha value is -3.32. The summed E-state index contributed by atoms with van der Waals surface area (Å²) in [5, 5.41) is 2.51. The molecule has 0 aliphatic heterocycles. The van der Waals surface area contributed by atoms with Gasteiger partial charge in [0.15, 0.2) is 0 Å². The van der Waals surface area contributed by atoms with Crippen molar-refractivity contribution in [3.63, 3.8) is 0 Å². The van der Waals surface area contributed by atoms with Crippen LogP contribution in [0.2, 0.25) is 0 Å². The second-order valence-corrected chi connectivity index (χ2v) is 6.71. The molecule has 0 amide bonds. The average Bonchev–Trinajstić information content (AvgIpc) is 2.73. The summed E-state index contributed by atoms with van der Waals surface area (Å²) in [6.07, 6.45) is 2.28. The maximum Gasteiger partial charge on any atom is 0.118 e. The third-order valence-electron chi connectivity index (χ3n) is 4.95. The minimum Gasteiger partial charge on any atom is -0.497 e. The van der Waals surface area contributed by atoms with Gasteiger partial charge in [-0.3, -0.25) is 0 Å². The first-order valence-electron chi connectivity index (χ1n) is 9.15. The number of methoxy groups -OCH3 is 1. The van der Waals surface area contributed by atoms with Gasteiger partial charge in [0, 0.05) is 0 Å². The Morgan fingerprint density at radius 2 is 1.37 bits per heavy atom. The first-order valence-corrected chi connectivity index (χ1v) is 9.15. The molecule has 132 valence electrons. The third kappa shape index (κ3) is 3.63. The normalized spacial score (nSPS) is 11.6. The van der Waals surface area contributed by atoms with Gasteiger partial charge >= 0.3 is 0 Å². The molecular formula is C26H22O. The van der Waals surface area contributed by atoms with E-state index in [1.54, 1.807) is 7.11 Å². The molecule has 4 aromatic rings. The van der Waals surface area contributed by atoms with Gasteiger partial charge in [0.25, 0.3) is 0 Å². The van der Waals surface area contributed by atoms with Crippen LogP contribution in [0.3, 0.4) is 0 Å². The summed E-state index contributed by atoms with van der Waals surface area (Å²) < 4.78 is 5.33. The largest absolute Gasteiger partial charge is 0.497 e. The number of rotatable bonds is 4. The van der Waals surface area contributed by atoms with Gasteiger partial charge in [0.2, 0.25) is 0 Å². The predicted molar refractivity (Wildman–Crippen MR) is 115 cm³/mol. The molecular weight excluding hydrogens is 328 g/mol. The molecule has 0 aliphatic rings. The van der Waals surface area contributed by atoms with E-state index in [9.17, 15) is 0 Å². The Morgan fingerprint density at radius 3 is 2.11 bits per heavy atom. The van der Waals surface area contributed by atoms with Crippen LogP contribution in [0.1, 0.15) is 22.3 Å². The fraction of sp³-hybridized carbons (Fsp3) is 0.0769. The molecule has 0 N–H and O–H groups in total. The van der Waals surface area contributed by atoms with Crippen LogP contribution in [-0.2, 0) is 0 Å². The second kappa shape index (κ2) is 7.51. The van der Waals surface area contributed by atoms with Crippen LogP contribution in [0.25, 0.3) is 22.4 Å². The molecule has 0 saturated carbocycles. The molecule has 1 heteroatoms. The number of fused-ring (bicyclic) bond motifs is 1. The zero-order valence-electron chi connectivity index (χ0n) is 15.6. The van der Waals surface area contributed by atoms with Gasteiger partial charge < -0.3 is 4.74 Å². The SMILES string of the molecule is COc1ccc(C(=Cc2ccccc2C)c2ccc3ccccc3c2)cc1. The van der Waals surface area contributed by atoms with Crippen LogP contribution in [0.5, 0.6) is 5.75 Å². The quantitative estimate of drug-likeness (QED) is 0.370. The minimum atomic E-state index is 0.868. The molecule has 4 aromatic carbocycles. The smallest absolute Gasteiger partial charge is 0.118 e. The van der Waals surface area contributed by atoms with E-state index in [1.165, 1.54) is 38.6 Å². The van der Waals surface area contributed by atoms with Crippen molar-refractivity contribution in [2.75, 3.05) is 7.11 Å². The van der Waals surface area contributed by atoms with E-state index in [-0.39, 0.29) is 0 Å². The lowest BCUT2D eigenvalue weighted by Crippen LogP contribution is -1.91. The van der Waals surface area contributed by atoms with Gasteiger partial charge in [-0.2, -0.15) is 0 Å². The van der Waals surface area contributed by atoms with Crippen molar-refractivity contribution in [3.8, 4) is 5.75 Å². The Balaban J connectivity index is 1.89. The lowest BCUT2D eigenvalue weighted by molar-refractivity contribution is 0.415. The lowest BCUT2D eigenvalue weighted by atomic mass is 9.93. The highest BCUT2D eigenvalue weighted by atomic mass is 16.5. The Kier molecular flexibility index (Phi) is 4.76. The molecule has 0 aromatic heterocycles. The predicted octanol–water partition coefficient (Wildman–Crippen LogP) is 6.75. The molecule has 0 bridgehead atoms. The molecule has 0 radical (unpaired) electrons. The molecule has 0 spiro atoms. The Bertz CT molecular complexity index is 1100. The van der Waals surface area contributed by atoms with Gasteiger partial charge in [0.05, 0.1) is 7.11 Å². The summed E-state index contributed by atoms with van der Waals surface area (Å²) in [5.74, 6) is 0.868. The molecule has 0 heterocycles. The van der Waals surface area contributed by atoms with Crippen molar-refractivity contribution in [3.05, 3.63) is 113 Å². The lowest BCUT2D eigenvalue weighted by Gasteiger charge is -2.12. The summed E-state index contributed by atoms with van der Waals surface area (Å²) in [6, 6.07) is 31.9. The highest BCUT2D eigenvalue weighted by Gasteiger charge is 2.08.